The summed E-state index contributed by atoms with van der Waals surface area (Å²) >= 11 is 0. The maximum Gasteiger partial charge on any atom is 0.217 e. The molecule has 0 unspecified atom stereocenters. The van der Waals surface area contributed by atoms with Gasteiger partial charge in [-0.05, 0) is 25.3 Å². The Balaban J connectivity index is 1.89. The number of nitrogens with one attached hydrogen (secondary N) is 1. The predicted molar refractivity (Wildman–Crippen MR) is 91.3 cm³/mol. The number of rotatable bonds is 4. The molecule has 3 rings (SSSR count). The second-order valence-electron chi connectivity index (χ2n) is 6.74. The van der Waals surface area contributed by atoms with E-state index in [-0.39, 0.29) is 24.2 Å². The molecule has 5 heteroatoms. The van der Waals surface area contributed by atoms with E-state index in [1.165, 1.54) is 12.8 Å². The van der Waals surface area contributed by atoms with Crippen LogP contribution in [0.1, 0.15) is 50.7 Å². The summed E-state index contributed by atoms with van der Waals surface area (Å²) in [5.41, 5.74) is 0.997. The highest BCUT2D eigenvalue weighted by atomic mass is 16.5. The summed E-state index contributed by atoms with van der Waals surface area (Å²) in [6, 6.07) is 6.03. The molecule has 1 saturated heterocycles. The second-order valence-corrected chi connectivity index (χ2v) is 6.74. The predicted octanol–water partition coefficient (Wildman–Crippen LogP) is 3.23. The van der Waals surface area contributed by atoms with Crippen molar-refractivity contribution in [2.24, 2.45) is 5.92 Å². The lowest BCUT2D eigenvalue weighted by Crippen LogP contribution is -2.50. The van der Waals surface area contributed by atoms with Gasteiger partial charge in [0.25, 0.3) is 0 Å². The maximum atomic E-state index is 11.7. The zero-order valence-electron chi connectivity index (χ0n) is 14.7. The summed E-state index contributed by atoms with van der Waals surface area (Å²) in [6.45, 7) is 1.59. The highest BCUT2D eigenvalue weighted by Gasteiger charge is 2.41. The smallest absolute Gasteiger partial charge is 0.217 e. The first-order valence-corrected chi connectivity index (χ1v) is 8.77. The Morgan fingerprint density at radius 3 is 2.71 bits per heavy atom. The molecule has 4 atom stereocenters. The minimum Gasteiger partial charge on any atom is -0.493 e. The average Bonchev–Trinajstić information content (AvgIpc) is 2.60. The monoisotopic (exact) mass is 333 g/mol. The fourth-order valence-electron chi connectivity index (χ4n) is 4.22. The molecule has 0 bridgehead atoms. The third kappa shape index (κ3) is 3.36. The Labute approximate surface area is 143 Å². The Morgan fingerprint density at radius 1 is 1.21 bits per heavy atom. The molecule has 1 aliphatic carbocycles. The van der Waals surface area contributed by atoms with Crippen molar-refractivity contribution < 1.29 is 19.0 Å². The number of hydrogen-bond acceptors (Lipinski definition) is 4. The Morgan fingerprint density at radius 2 is 2.00 bits per heavy atom. The molecule has 2 aliphatic rings. The maximum absolute atomic E-state index is 11.7. The van der Waals surface area contributed by atoms with Gasteiger partial charge in [-0.25, -0.2) is 0 Å². The number of fused-ring (bicyclic) bond motifs is 1. The Kier molecular flexibility index (Phi) is 5.29. The van der Waals surface area contributed by atoms with Gasteiger partial charge in [0.05, 0.1) is 26.4 Å². The number of carbonyl (C=O) groups is 1. The van der Waals surface area contributed by atoms with Crippen molar-refractivity contribution in [2.75, 3.05) is 14.2 Å². The first-order chi connectivity index (χ1) is 11.6. The first kappa shape index (κ1) is 17.1. The number of amides is 1. The lowest BCUT2D eigenvalue weighted by molar-refractivity contribution is -0.131. The fourth-order valence-corrected chi connectivity index (χ4v) is 4.22. The van der Waals surface area contributed by atoms with Crippen LogP contribution in [0.3, 0.4) is 0 Å². The second kappa shape index (κ2) is 7.43. The molecule has 132 valence electrons. The topological polar surface area (TPSA) is 56.8 Å². The van der Waals surface area contributed by atoms with E-state index in [1.54, 1.807) is 21.1 Å². The fraction of sp³-hybridized carbons (Fsp3) is 0.632. The molecule has 0 aromatic heterocycles. The minimum absolute atomic E-state index is 0.0302. The van der Waals surface area contributed by atoms with Gasteiger partial charge in [-0.1, -0.05) is 25.0 Å². The molecule has 0 spiro atoms. The Bertz CT molecular complexity index is 589. The van der Waals surface area contributed by atoms with Crippen molar-refractivity contribution in [1.29, 1.82) is 0 Å². The van der Waals surface area contributed by atoms with Crippen molar-refractivity contribution in [2.45, 2.75) is 57.3 Å². The third-order valence-electron chi connectivity index (χ3n) is 5.25. The van der Waals surface area contributed by atoms with Gasteiger partial charge in [0.15, 0.2) is 11.5 Å². The van der Waals surface area contributed by atoms with Gasteiger partial charge in [-0.3, -0.25) is 4.79 Å². The van der Waals surface area contributed by atoms with Crippen molar-refractivity contribution in [3.63, 3.8) is 0 Å². The molecule has 0 radical (unpaired) electrons. The van der Waals surface area contributed by atoms with E-state index in [9.17, 15) is 4.79 Å². The van der Waals surface area contributed by atoms with Crippen LogP contribution >= 0.6 is 0 Å². The number of para-hydroxylation sites is 1. The highest BCUT2D eigenvalue weighted by molar-refractivity contribution is 5.73. The number of carbonyl (C=O) groups excluding carboxylic acids is 1. The van der Waals surface area contributed by atoms with Gasteiger partial charge in [0.1, 0.15) is 0 Å². The van der Waals surface area contributed by atoms with Gasteiger partial charge in [-0.2, -0.15) is 0 Å². The first-order valence-electron chi connectivity index (χ1n) is 8.77. The van der Waals surface area contributed by atoms with Crippen LogP contribution in [0.2, 0.25) is 0 Å². The summed E-state index contributed by atoms with van der Waals surface area (Å²) in [6.07, 6.45) is 5.46. The highest BCUT2D eigenvalue weighted by Crippen LogP contribution is 2.45. The summed E-state index contributed by atoms with van der Waals surface area (Å²) in [5, 5.41) is 3.16. The zero-order chi connectivity index (χ0) is 17.1. The van der Waals surface area contributed by atoms with Crippen LogP contribution in [0.5, 0.6) is 11.5 Å². The average molecular weight is 333 g/mol. The number of hydrogen-bond donors (Lipinski definition) is 1. The molecule has 2 fully saturated rings. The van der Waals surface area contributed by atoms with Crippen LogP contribution in [0.4, 0.5) is 0 Å². The molecule has 1 aromatic carbocycles. The summed E-state index contributed by atoms with van der Waals surface area (Å²) in [7, 11) is 3.29. The standard InChI is InChI=1S/C19H27NO4/c1-12(21)20-15-11-18(24-16-9-5-4-7-13(15)16)14-8-6-10-17(22-2)19(14)23-3/h6,8,10,13,15-16,18H,4-5,7,9,11H2,1-3H3,(H,20,21)/t13-,15+,16+,18+/m0/s1. The SMILES string of the molecule is COc1cccc([C@H]2C[C@@H](NC(C)=O)[C@@H]3CCCC[C@H]3O2)c1OC. The molecule has 1 saturated carbocycles. The van der Waals surface area contributed by atoms with E-state index in [0.717, 1.165) is 30.6 Å². The van der Waals surface area contributed by atoms with Crippen LogP contribution in [-0.4, -0.2) is 32.3 Å². The molecule has 1 heterocycles. The largest absolute Gasteiger partial charge is 0.493 e. The normalized spacial score (nSPS) is 29.5. The summed E-state index contributed by atoms with van der Waals surface area (Å²) in [4.78, 5) is 11.7. The molecule has 5 nitrogen and oxygen atoms in total. The van der Waals surface area contributed by atoms with Crippen molar-refractivity contribution in [3.05, 3.63) is 23.8 Å². The van der Waals surface area contributed by atoms with E-state index in [1.807, 2.05) is 18.2 Å². The summed E-state index contributed by atoms with van der Waals surface area (Å²) < 4.78 is 17.4. The van der Waals surface area contributed by atoms with Crippen LogP contribution in [0.15, 0.2) is 18.2 Å². The van der Waals surface area contributed by atoms with E-state index in [2.05, 4.69) is 5.32 Å². The van der Waals surface area contributed by atoms with Crippen LogP contribution in [0.25, 0.3) is 0 Å². The van der Waals surface area contributed by atoms with Crippen LogP contribution < -0.4 is 14.8 Å². The molecule has 1 amide bonds. The summed E-state index contributed by atoms with van der Waals surface area (Å²) in [5.74, 6) is 1.87. The molecular formula is C19H27NO4. The van der Waals surface area contributed by atoms with E-state index in [4.69, 9.17) is 14.2 Å². The molecule has 1 aromatic rings. The molecule has 1 N–H and O–H groups in total. The zero-order valence-corrected chi connectivity index (χ0v) is 14.7. The minimum atomic E-state index is -0.0914. The van der Waals surface area contributed by atoms with Crippen molar-refractivity contribution >= 4 is 5.91 Å². The number of methoxy groups -OCH3 is 2. The number of ether oxygens (including phenoxy) is 3. The number of benzene rings is 1. The quantitative estimate of drug-likeness (QED) is 0.919. The van der Waals surface area contributed by atoms with Crippen LogP contribution in [-0.2, 0) is 9.53 Å². The lowest BCUT2D eigenvalue weighted by atomic mass is 9.76. The van der Waals surface area contributed by atoms with Gasteiger partial charge < -0.3 is 19.5 Å². The van der Waals surface area contributed by atoms with Gasteiger partial charge in [0.2, 0.25) is 5.91 Å². The van der Waals surface area contributed by atoms with Crippen molar-refractivity contribution in [1.82, 2.24) is 5.32 Å². The molecular weight excluding hydrogens is 306 g/mol. The lowest BCUT2D eigenvalue weighted by Gasteiger charge is -2.45. The van der Waals surface area contributed by atoms with E-state index < -0.39 is 0 Å². The van der Waals surface area contributed by atoms with E-state index in [0.29, 0.717) is 11.7 Å². The Hall–Kier alpha value is -1.75. The molecule has 1 aliphatic heterocycles. The van der Waals surface area contributed by atoms with Gasteiger partial charge in [0, 0.05) is 24.4 Å². The van der Waals surface area contributed by atoms with Gasteiger partial charge >= 0.3 is 0 Å². The van der Waals surface area contributed by atoms with Crippen molar-refractivity contribution in [3.8, 4) is 11.5 Å². The van der Waals surface area contributed by atoms with Gasteiger partial charge in [-0.15, -0.1) is 0 Å². The van der Waals surface area contributed by atoms with Crippen LogP contribution in [0, 0.1) is 5.92 Å². The molecule has 24 heavy (non-hydrogen) atoms. The third-order valence-corrected chi connectivity index (χ3v) is 5.25. The van der Waals surface area contributed by atoms with E-state index >= 15 is 0 Å².